The summed E-state index contributed by atoms with van der Waals surface area (Å²) in [6.07, 6.45) is 4.56. The largest absolute Gasteiger partial charge is 0.497 e. The molecule has 11 heteroatoms. The molecule has 3 heterocycles. The topological polar surface area (TPSA) is 133 Å². The Morgan fingerprint density at radius 1 is 1.00 bits per heavy atom. The van der Waals surface area contributed by atoms with Crippen LogP contribution in [0.15, 0.2) is 48.9 Å². The Bertz CT molecular complexity index is 1190. The van der Waals surface area contributed by atoms with Gasteiger partial charge in [-0.2, -0.15) is 0 Å². The SMILES string of the molecule is COc1ccc(C)c(C(=O)Nc2cnc(Nc3ccc(C(=O)N4CCN(CCO)CC4)nc3)nc2)c1. The van der Waals surface area contributed by atoms with Crippen LogP contribution in [0.25, 0.3) is 0 Å². The number of aliphatic hydroxyl groups is 1. The van der Waals surface area contributed by atoms with Crippen molar-refractivity contribution in [2.24, 2.45) is 0 Å². The molecule has 1 aliphatic heterocycles. The summed E-state index contributed by atoms with van der Waals surface area (Å²) in [4.78, 5) is 42.0. The minimum absolute atomic E-state index is 0.118. The third-order valence-corrected chi connectivity index (χ3v) is 5.91. The van der Waals surface area contributed by atoms with Crippen LogP contribution >= 0.6 is 0 Å². The first-order chi connectivity index (χ1) is 17.5. The summed E-state index contributed by atoms with van der Waals surface area (Å²) in [5.41, 5.74) is 2.77. The maximum absolute atomic E-state index is 12.7. The fraction of sp³-hybridized carbons (Fsp3) is 0.320. The van der Waals surface area contributed by atoms with Crippen LogP contribution in [0.5, 0.6) is 5.75 Å². The number of ether oxygens (including phenoxy) is 1. The zero-order chi connectivity index (χ0) is 25.5. The fourth-order valence-corrected chi connectivity index (χ4v) is 3.83. The van der Waals surface area contributed by atoms with Crippen LogP contribution in [0.3, 0.4) is 0 Å². The van der Waals surface area contributed by atoms with Gasteiger partial charge in [-0.05, 0) is 36.8 Å². The van der Waals surface area contributed by atoms with Crippen molar-refractivity contribution in [1.82, 2.24) is 24.8 Å². The third kappa shape index (κ3) is 6.12. The molecule has 0 saturated carbocycles. The van der Waals surface area contributed by atoms with Gasteiger partial charge in [-0.15, -0.1) is 0 Å². The standard InChI is InChI=1S/C25H29N7O4/c1-17-3-5-20(36-2)13-21(17)23(34)29-19-15-27-25(28-16-19)30-18-4-6-22(26-14-18)24(35)32-9-7-31(8-10-32)11-12-33/h3-6,13-16,33H,7-12H2,1-2H3,(H,29,34)(H,27,28,30). The molecule has 3 N–H and O–H groups in total. The first-order valence-corrected chi connectivity index (χ1v) is 11.6. The highest BCUT2D eigenvalue weighted by Gasteiger charge is 2.22. The van der Waals surface area contributed by atoms with E-state index < -0.39 is 0 Å². The first kappa shape index (κ1) is 25.0. The third-order valence-electron chi connectivity index (χ3n) is 5.91. The molecule has 1 fully saturated rings. The summed E-state index contributed by atoms with van der Waals surface area (Å²) in [6, 6.07) is 8.71. The summed E-state index contributed by atoms with van der Waals surface area (Å²) in [5.74, 6) is 0.526. The van der Waals surface area contributed by atoms with Crippen molar-refractivity contribution in [2.75, 3.05) is 57.1 Å². The summed E-state index contributed by atoms with van der Waals surface area (Å²) < 4.78 is 5.20. The Balaban J connectivity index is 1.32. The van der Waals surface area contributed by atoms with Gasteiger partial charge < -0.3 is 25.4 Å². The number of aryl methyl sites for hydroxylation is 1. The van der Waals surface area contributed by atoms with Crippen LogP contribution in [0.1, 0.15) is 26.4 Å². The van der Waals surface area contributed by atoms with Gasteiger partial charge in [0.1, 0.15) is 11.4 Å². The molecule has 0 unspecified atom stereocenters. The molecule has 0 aliphatic carbocycles. The number of β-amino-alcohol motifs (C(OH)–C–C–N with tert-alkyl or cyclic N) is 1. The number of benzene rings is 1. The number of hydrogen-bond acceptors (Lipinski definition) is 9. The number of rotatable bonds is 8. The Morgan fingerprint density at radius 2 is 1.72 bits per heavy atom. The molecule has 2 amide bonds. The van der Waals surface area contributed by atoms with Gasteiger partial charge in [0.05, 0.1) is 43.7 Å². The zero-order valence-corrected chi connectivity index (χ0v) is 20.3. The van der Waals surface area contributed by atoms with E-state index in [1.54, 1.807) is 42.5 Å². The number of piperazine rings is 1. The average Bonchev–Trinajstić information content (AvgIpc) is 2.91. The van der Waals surface area contributed by atoms with E-state index in [-0.39, 0.29) is 18.4 Å². The molecule has 4 rings (SSSR count). The number of carbonyl (C=O) groups excluding carboxylic acids is 2. The highest BCUT2D eigenvalue weighted by atomic mass is 16.5. The number of methoxy groups -OCH3 is 1. The molecule has 0 atom stereocenters. The highest BCUT2D eigenvalue weighted by molar-refractivity contribution is 6.05. The lowest BCUT2D eigenvalue weighted by Gasteiger charge is -2.34. The molecular weight excluding hydrogens is 462 g/mol. The van der Waals surface area contributed by atoms with Crippen molar-refractivity contribution >= 4 is 29.1 Å². The second kappa shape index (κ2) is 11.6. The van der Waals surface area contributed by atoms with Gasteiger partial charge in [0.15, 0.2) is 0 Å². The number of pyridine rings is 1. The van der Waals surface area contributed by atoms with E-state index in [0.717, 1.165) is 18.7 Å². The number of carbonyl (C=O) groups is 2. The van der Waals surface area contributed by atoms with E-state index in [0.29, 0.717) is 54.0 Å². The Hall–Kier alpha value is -4.09. The molecule has 0 spiro atoms. The average molecular weight is 492 g/mol. The second-order valence-corrected chi connectivity index (χ2v) is 8.34. The van der Waals surface area contributed by atoms with Crippen LogP contribution in [-0.2, 0) is 0 Å². The first-order valence-electron chi connectivity index (χ1n) is 11.6. The van der Waals surface area contributed by atoms with E-state index >= 15 is 0 Å². The maximum atomic E-state index is 12.7. The van der Waals surface area contributed by atoms with Crippen molar-refractivity contribution in [3.63, 3.8) is 0 Å². The van der Waals surface area contributed by atoms with Gasteiger partial charge >= 0.3 is 0 Å². The molecule has 3 aromatic rings. The van der Waals surface area contributed by atoms with Gasteiger partial charge in [0.2, 0.25) is 5.95 Å². The number of nitrogens with one attached hydrogen (secondary N) is 2. The molecule has 1 aromatic carbocycles. The minimum atomic E-state index is -0.282. The normalized spacial score (nSPS) is 13.8. The molecule has 2 aromatic heterocycles. The fourth-order valence-electron chi connectivity index (χ4n) is 3.83. The number of aromatic nitrogens is 3. The van der Waals surface area contributed by atoms with Crippen molar-refractivity contribution in [2.45, 2.75) is 6.92 Å². The lowest BCUT2D eigenvalue weighted by molar-refractivity contribution is 0.0609. The second-order valence-electron chi connectivity index (χ2n) is 8.34. The molecule has 1 aliphatic rings. The molecule has 11 nitrogen and oxygen atoms in total. The van der Waals surface area contributed by atoms with Crippen molar-refractivity contribution in [1.29, 1.82) is 0 Å². The molecular formula is C25H29N7O4. The van der Waals surface area contributed by atoms with E-state index in [2.05, 4.69) is 30.5 Å². The monoisotopic (exact) mass is 491 g/mol. The molecule has 1 saturated heterocycles. The lowest BCUT2D eigenvalue weighted by atomic mass is 10.1. The van der Waals surface area contributed by atoms with Crippen LogP contribution in [0.2, 0.25) is 0 Å². The van der Waals surface area contributed by atoms with Crippen molar-refractivity contribution in [3.05, 3.63) is 65.7 Å². The number of amides is 2. The van der Waals surface area contributed by atoms with Gasteiger partial charge in [0, 0.05) is 38.3 Å². The van der Waals surface area contributed by atoms with Gasteiger partial charge in [-0.25, -0.2) is 15.0 Å². The number of aliphatic hydroxyl groups excluding tert-OH is 1. The van der Waals surface area contributed by atoms with Crippen LogP contribution in [0, 0.1) is 6.92 Å². The highest BCUT2D eigenvalue weighted by Crippen LogP contribution is 2.19. The van der Waals surface area contributed by atoms with Crippen LogP contribution in [0.4, 0.5) is 17.3 Å². The smallest absolute Gasteiger partial charge is 0.272 e. The lowest BCUT2D eigenvalue weighted by Crippen LogP contribution is -2.49. The zero-order valence-electron chi connectivity index (χ0n) is 20.3. The summed E-state index contributed by atoms with van der Waals surface area (Å²) in [5, 5.41) is 14.9. The number of nitrogens with zero attached hydrogens (tertiary/aromatic N) is 5. The predicted molar refractivity (Wildman–Crippen MR) is 135 cm³/mol. The van der Waals surface area contributed by atoms with E-state index in [1.165, 1.54) is 12.4 Å². The summed E-state index contributed by atoms with van der Waals surface area (Å²) in [6.45, 7) is 5.27. The van der Waals surface area contributed by atoms with Crippen LogP contribution < -0.4 is 15.4 Å². The molecule has 0 bridgehead atoms. The van der Waals surface area contributed by atoms with Gasteiger partial charge in [0.25, 0.3) is 11.8 Å². The van der Waals surface area contributed by atoms with Gasteiger partial charge in [-0.3, -0.25) is 14.5 Å². The predicted octanol–water partition coefficient (Wildman–Crippen LogP) is 1.93. The summed E-state index contributed by atoms with van der Waals surface area (Å²) in [7, 11) is 1.55. The van der Waals surface area contributed by atoms with Crippen molar-refractivity contribution in [3.8, 4) is 5.75 Å². The molecule has 188 valence electrons. The number of anilines is 3. The Kier molecular flexibility index (Phi) is 8.03. The van der Waals surface area contributed by atoms with E-state index in [1.807, 2.05) is 13.0 Å². The van der Waals surface area contributed by atoms with Gasteiger partial charge in [-0.1, -0.05) is 6.07 Å². The number of hydrogen-bond donors (Lipinski definition) is 3. The Morgan fingerprint density at radius 3 is 2.36 bits per heavy atom. The van der Waals surface area contributed by atoms with E-state index in [4.69, 9.17) is 9.84 Å². The molecule has 36 heavy (non-hydrogen) atoms. The van der Waals surface area contributed by atoms with Crippen molar-refractivity contribution < 1.29 is 19.4 Å². The van der Waals surface area contributed by atoms with Crippen LogP contribution in [-0.4, -0.2) is 88.1 Å². The van der Waals surface area contributed by atoms with E-state index in [9.17, 15) is 9.59 Å². The summed E-state index contributed by atoms with van der Waals surface area (Å²) >= 11 is 0. The maximum Gasteiger partial charge on any atom is 0.272 e. The molecule has 0 radical (unpaired) electrons. The quantitative estimate of drug-likeness (QED) is 0.432. The minimum Gasteiger partial charge on any atom is -0.497 e. The Labute approximate surface area is 209 Å².